The summed E-state index contributed by atoms with van der Waals surface area (Å²) < 4.78 is 2.07. The van der Waals surface area contributed by atoms with Crippen LogP contribution in [0.15, 0.2) is 109 Å². The standard InChI is InChI=1S/C33H32OS3/c1-32(2,3)21-10-9-11-22(18-21)36-30-17-15-24(20-27(30)33(4,5)6)35-23-14-16-29-26(19-23)31(34)25-12-7-8-13-28(25)37-29/h7-20H,1-6H3. The Morgan fingerprint density at radius 2 is 1.27 bits per heavy atom. The van der Waals surface area contributed by atoms with E-state index in [4.69, 9.17) is 0 Å². The van der Waals surface area contributed by atoms with E-state index in [2.05, 4.69) is 102 Å². The van der Waals surface area contributed by atoms with Crippen LogP contribution in [-0.4, -0.2) is 0 Å². The smallest absolute Gasteiger partial charge is 0.195 e. The fourth-order valence-corrected chi connectivity index (χ4v) is 7.53. The fourth-order valence-electron chi connectivity index (χ4n) is 4.38. The van der Waals surface area contributed by atoms with E-state index >= 15 is 0 Å². The molecule has 1 nitrogen and oxygen atoms in total. The second-order valence-electron chi connectivity index (χ2n) is 11.5. The van der Waals surface area contributed by atoms with Gasteiger partial charge in [-0.3, -0.25) is 4.79 Å². The van der Waals surface area contributed by atoms with Gasteiger partial charge in [-0.15, -0.1) is 11.3 Å². The van der Waals surface area contributed by atoms with Gasteiger partial charge in [0.1, 0.15) is 0 Å². The first kappa shape index (κ1) is 26.1. The Bertz CT molecular complexity index is 1670. The van der Waals surface area contributed by atoms with Crippen LogP contribution in [0, 0.1) is 0 Å². The SMILES string of the molecule is CC(C)(C)c1cccc(Sc2ccc(Sc3ccc4sc5ccccc5c(=O)c4c3)cc2C(C)(C)C)c1. The van der Waals surface area contributed by atoms with Crippen molar-refractivity contribution in [3.8, 4) is 0 Å². The molecule has 0 amide bonds. The molecule has 0 fully saturated rings. The summed E-state index contributed by atoms with van der Waals surface area (Å²) in [5.41, 5.74) is 2.94. The second kappa shape index (κ2) is 9.98. The van der Waals surface area contributed by atoms with Crippen LogP contribution < -0.4 is 5.43 Å². The lowest BCUT2D eigenvalue weighted by Gasteiger charge is -2.24. The third-order valence-electron chi connectivity index (χ3n) is 6.47. The van der Waals surface area contributed by atoms with Crippen molar-refractivity contribution in [2.75, 3.05) is 0 Å². The van der Waals surface area contributed by atoms with Crippen LogP contribution in [0.3, 0.4) is 0 Å². The minimum Gasteiger partial charge on any atom is -0.289 e. The Kier molecular flexibility index (Phi) is 7.04. The van der Waals surface area contributed by atoms with Crippen molar-refractivity contribution in [2.24, 2.45) is 0 Å². The number of hydrogen-bond donors (Lipinski definition) is 0. The molecule has 0 saturated heterocycles. The van der Waals surface area contributed by atoms with Crippen molar-refractivity contribution in [3.63, 3.8) is 0 Å². The van der Waals surface area contributed by atoms with Crippen molar-refractivity contribution in [1.82, 2.24) is 0 Å². The molecule has 4 aromatic carbocycles. The van der Waals surface area contributed by atoms with Gasteiger partial charge < -0.3 is 0 Å². The summed E-state index contributed by atoms with van der Waals surface area (Å²) in [6.07, 6.45) is 0. The third-order valence-corrected chi connectivity index (χ3v) is 9.67. The molecule has 0 bridgehead atoms. The Balaban J connectivity index is 1.48. The average molecular weight is 541 g/mol. The molecule has 0 saturated carbocycles. The van der Waals surface area contributed by atoms with Crippen molar-refractivity contribution >= 4 is 55.0 Å². The zero-order valence-corrected chi connectivity index (χ0v) is 24.7. The van der Waals surface area contributed by atoms with Gasteiger partial charge in [0, 0.05) is 39.8 Å². The summed E-state index contributed by atoms with van der Waals surface area (Å²) in [5.74, 6) is 0. The lowest BCUT2D eigenvalue weighted by molar-refractivity contribution is 0.576. The van der Waals surface area contributed by atoms with E-state index < -0.39 is 0 Å². The summed E-state index contributed by atoms with van der Waals surface area (Å²) >= 11 is 5.25. The maximum absolute atomic E-state index is 13.2. The van der Waals surface area contributed by atoms with Gasteiger partial charge in [0.05, 0.1) is 0 Å². The first-order valence-corrected chi connectivity index (χ1v) is 15.0. The molecule has 0 radical (unpaired) electrons. The van der Waals surface area contributed by atoms with Crippen LogP contribution in [0.5, 0.6) is 0 Å². The maximum Gasteiger partial charge on any atom is 0.195 e. The van der Waals surface area contributed by atoms with Crippen molar-refractivity contribution in [3.05, 3.63) is 106 Å². The number of hydrogen-bond acceptors (Lipinski definition) is 4. The van der Waals surface area contributed by atoms with E-state index in [1.165, 1.54) is 25.8 Å². The number of rotatable bonds is 4. The Morgan fingerprint density at radius 1 is 0.595 bits per heavy atom. The Morgan fingerprint density at radius 3 is 2.03 bits per heavy atom. The zero-order valence-electron chi connectivity index (χ0n) is 22.2. The molecule has 188 valence electrons. The predicted octanol–water partition coefficient (Wildman–Crippen LogP) is 10.3. The van der Waals surface area contributed by atoms with Gasteiger partial charge in [-0.2, -0.15) is 0 Å². The topological polar surface area (TPSA) is 17.1 Å². The van der Waals surface area contributed by atoms with E-state index in [-0.39, 0.29) is 16.3 Å². The van der Waals surface area contributed by atoms with Crippen LogP contribution in [0.1, 0.15) is 52.7 Å². The molecule has 0 spiro atoms. The number of benzene rings is 4. The van der Waals surface area contributed by atoms with Gasteiger partial charge >= 0.3 is 0 Å². The minimum atomic E-state index is 0.00666. The van der Waals surface area contributed by atoms with Gasteiger partial charge in [0.2, 0.25) is 0 Å². The van der Waals surface area contributed by atoms with E-state index in [0.29, 0.717) is 0 Å². The van der Waals surface area contributed by atoms with E-state index in [9.17, 15) is 4.79 Å². The monoisotopic (exact) mass is 540 g/mol. The predicted molar refractivity (Wildman–Crippen MR) is 164 cm³/mol. The molecule has 0 aliphatic rings. The second-order valence-corrected chi connectivity index (χ2v) is 14.8. The molecule has 37 heavy (non-hydrogen) atoms. The molecule has 0 aliphatic heterocycles. The first-order chi connectivity index (χ1) is 17.5. The van der Waals surface area contributed by atoms with Gasteiger partial charge in [-0.05, 0) is 82.6 Å². The highest BCUT2D eigenvalue weighted by molar-refractivity contribution is 7.99. The molecule has 0 unspecified atom stereocenters. The third kappa shape index (κ3) is 5.67. The lowest BCUT2D eigenvalue weighted by atomic mass is 9.87. The van der Waals surface area contributed by atoms with E-state index in [1.54, 1.807) is 23.1 Å². The van der Waals surface area contributed by atoms with Gasteiger partial charge in [-0.1, -0.05) is 89.3 Å². The van der Waals surface area contributed by atoms with Crippen LogP contribution in [-0.2, 0) is 10.8 Å². The van der Waals surface area contributed by atoms with Gasteiger partial charge in [0.15, 0.2) is 5.43 Å². The van der Waals surface area contributed by atoms with E-state index in [1.807, 2.05) is 36.0 Å². The summed E-state index contributed by atoms with van der Waals surface area (Å²) in [5, 5.41) is 1.60. The molecule has 1 aromatic heterocycles. The summed E-state index contributed by atoms with van der Waals surface area (Å²) in [7, 11) is 0. The van der Waals surface area contributed by atoms with Crippen LogP contribution in [0.4, 0.5) is 0 Å². The summed E-state index contributed by atoms with van der Waals surface area (Å²) in [6.45, 7) is 13.6. The molecule has 0 N–H and O–H groups in total. The Labute approximate surface area is 232 Å². The zero-order chi connectivity index (χ0) is 26.4. The Hall–Kier alpha value is -2.53. The largest absolute Gasteiger partial charge is 0.289 e. The summed E-state index contributed by atoms with van der Waals surface area (Å²) in [6, 6.07) is 29.9. The normalized spacial score (nSPS) is 12.4. The fraction of sp³-hybridized carbons (Fsp3) is 0.242. The highest BCUT2D eigenvalue weighted by atomic mass is 32.2. The van der Waals surface area contributed by atoms with E-state index in [0.717, 1.165) is 25.1 Å². The summed E-state index contributed by atoms with van der Waals surface area (Å²) in [4.78, 5) is 18.0. The van der Waals surface area contributed by atoms with Crippen LogP contribution >= 0.6 is 34.9 Å². The molecular weight excluding hydrogens is 509 g/mol. The molecular formula is C33H32OS3. The first-order valence-electron chi connectivity index (χ1n) is 12.6. The highest BCUT2D eigenvalue weighted by Gasteiger charge is 2.21. The van der Waals surface area contributed by atoms with Crippen LogP contribution in [0.2, 0.25) is 0 Å². The molecule has 1 heterocycles. The van der Waals surface area contributed by atoms with Crippen molar-refractivity contribution in [2.45, 2.75) is 72.0 Å². The maximum atomic E-state index is 13.2. The van der Waals surface area contributed by atoms with Gasteiger partial charge in [0.25, 0.3) is 0 Å². The lowest BCUT2D eigenvalue weighted by Crippen LogP contribution is -2.13. The molecule has 5 rings (SSSR count). The molecule has 0 aliphatic carbocycles. The molecule has 4 heteroatoms. The van der Waals surface area contributed by atoms with Crippen molar-refractivity contribution < 1.29 is 0 Å². The molecule has 5 aromatic rings. The van der Waals surface area contributed by atoms with Crippen molar-refractivity contribution in [1.29, 1.82) is 0 Å². The average Bonchev–Trinajstić information content (AvgIpc) is 2.84. The van der Waals surface area contributed by atoms with Crippen LogP contribution in [0.25, 0.3) is 20.2 Å². The molecule has 0 atom stereocenters. The van der Waals surface area contributed by atoms with Gasteiger partial charge in [-0.25, -0.2) is 0 Å². The number of fused-ring (bicyclic) bond motifs is 2. The quantitative estimate of drug-likeness (QED) is 0.211. The minimum absolute atomic E-state index is 0.00666. The highest BCUT2D eigenvalue weighted by Crippen LogP contribution is 2.41.